The first-order valence-electron chi connectivity index (χ1n) is 7.68. The van der Waals surface area contributed by atoms with Crippen molar-refractivity contribution < 1.29 is 18.6 Å². The molecule has 5 heteroatoms. The summed E-state index contributed by atoms with van der Waals surface area (Å²) >= 11 is 0. The van der Waals surface area contributed by atoms with Gasteiger partial charge in [0.25, 0.3) is 8.32 Å². The van der Waals surface area contributed by atoms with Gasteiger partial charge >= 0.3 is 0 Å². The molecule has 0 amide bonds. The highest BCUT2D eigenvalue weighted by Crippen LogP contribution is 2.44. The average Bonchev–Trinajstić information content (AvgIpc) is 2.45. The summed E-state index contributed by atoms with van der Waals surface area (Å²) < 4.78 is 22.6. The van der Waals surface area contributed by atoms with E-state index < -0.39 is 8.32 Å². The van der Waals surface area contributed by atoms with Crippen molar-refractivity contribution in [1.29, 1.82) is 0 Å². The molecular weight excluding hydrogens is 296 g/mol. The van der Waals surface area contributed by atoms with Gasteiger partial charge in [-0.15, -0.1) is 0 Å². The van der Waals surface area contributed by atoms with Gasteiger partial charge in [0.2, 0.25) is 0 Å². The molecule has 1 atom stereocenters. The monoisotopic (exact) mass is 326 g/mol. The highest BCUT2D eigenvalue weighted by molar-refractivity contribution is 6.76. The van der Waals surface area contributed by atoms with Crippen molar-refractivity contribution in [3.63, 3.8) is 0 Å². The number of rotatable bonds is 7. The highest BCUT2D eigenvalue weighted by Gasteiger charge is 2.42. The molecule has 0 aromatic heterocycles. The van der Waals surface area contributed by atoms with Crippen LogP contribution in [0.3, 0.4) is 0 Å². The Morgan fingerprint density at radius 3 is 2.14 bits per heavy atom. The van der Waals surface area contributed by atoms with Gasteiger partial charge in [-0.25, -0.2) is 0 Å². The van der Waals surface area contributed by atoms with Gasteiger partial charge < -0.3 is 18.6 Å². The van der Waals surface area contributed by atoms with Gasteiger partial charge in [0.15, 0.2) is 12.5 Å². The smallest absolute Gasteiger partial charge is 0.253 e. The predicted molar refractivity (Wildman–Crippen MR) is 92.7 cm³/mol. The third kappa shape index (κ3) is 3.96. The van der Waals surface area contributed by atoms with E-state index in [9.17, 15) is 0 Å². The number of hydrogen-bond donors (Lipinski definition) is 0. The minimum atomic E-state index is -1.92. The molecule has 0 fully saturated rings. The lowest BCUT2D eigenvalue weighted by Crippen LogP contribution is -2.46. The second-order valence-electron chi connectivity index (χ2n) is 6.71. The predicted octanol–water partition coefficient (Wildman–Crippen LogP) is 4.76. The molecule has 0 aliphatic carbocycles. The van der Waals surface area contributed by atoms with Crippen LogP contribution in [0.25, 0.3) is 0 Å². The quantitative estimate of drug-likeness (QED) is 0.535. The van der Waals surface area contributed by atoms with Crippen molar-refractivity contribution in [2.45, 2.75) is 52.2 Å². The second-order valence-corrected chi connectivity index (χ2v) is 11.6. The molecule has 0 aliphatic heterocycles. The summed E-state index contributed by atoms with van der Waals surface area (Å²) in [6, 6.07) is 4.89. The van der Waals surface area contributed by atoms with Gasteiger partial charge in [0.1, 0.15) is 11.5 Å². The van der Waals surface area contributed by atoms with Crippen molar-refractivity contribution in [2.24, 2.45) is 0 Å². The minimum Gasteiger partial charge on any atom is -0.541 e. The van der Waals surface area contributed by atoms with E-state index in [0.29, 0.717) is 0 Å². The summed E-state index contributed by atoms with van der Waals surface area (Å²) in [5, 5.41) is 0.145. The molecule has 1 rings (SSSR count). The van der Waals surface area contributed by atoms with Crippen molar-refractivity contribution in [2.75, 3.05) is 21.0 Å². The fourth-order valence-corrected chi connectivity index (χ4v) is 4.42. The van der Waals surface area contributed by atoms with Crippen LogP contribution < -0.4 is 13.9 Å². The van der Waals surface area contributed by atoms with E-state index in [-0.39, 0.29) is 11.8 Å². The first-order valence-corrected chi connectivity index (χ1v) is 10.3. The summed E-state index contributed by atoms with van der Waals surface area (Å²) in [5.41, 5.74) is 0.929. The summed E-state index contributed by atoms with van der Waals surface area (Å²) in [6.07, 6.45) is 0. The lowest BCUT2D eigenvalue weighted by atomic mass is 10.2. The Balaban J connectivity index is 3.18. The van der Waals surface area contributed by atoms with E-state index in [1.807, 2.05) is 19.1 Å². The molecule has 126 valence electrons. The Bertz CT molecular complexity index is 496. The molecule has 0 bridgehead atoms. The molecule has 22 heavy (non-hydrogen) atoms. The molecule has 0 spiro atoms. The molecule has 0 radical (unpaired) electrons. The number of hydrogen-bond acceptors (Lipinski definition) is 4. The molecule has 0 N–H and O–H groups in total. The number of methoxy groups -OCH3 is 2. The highest BCUT2D eigenvalue weighted by atomic mass is 28.4. The van der Waals surface area contributed by atoms with Gasteiger partial charge in [0, 0.05) is 12.7 Å². The van der Waals surface area contributed by atoms with E-state index in [4.69, 9.17) is 18.6 Å². The molecule has 0 saturated heterocycles. The third-order valence-electron chi connectivity index (χ3n) is 4.45. The first-order chi connectivity index (χ1) is 10.2. The maximum atomic E-state index is 6.50. The Labute approximate surface area is 135 Å². The van der Waals surface area contributed by atoms with Crippen molar-refractivity contribution in [3.8, 4) is 17.2 Å². The van der Waals surface area contributed by atoms with Gasteiger partial charge in [-0.1, -0.05) is 27.7 Å². The molecule has 0 aliphatic rings. The number of benzene rings is 1. The lowest BCUT2D eigenvalue weighted by molar-refractivity contribution is 0.0504. The van der Waals surface area contributed by atoms with Gasteiger partial charge in [-0.2, -0.15) is 0 Å². The summed E-state index contributed by atoms with van der Waals surface area (Å²) in [7, 11) is 1.34. The maximum absolute atomic E-state index is 6.50. The fourth-order valence-electron chi connectivity index (χ4n) is 2.26. The Morgan fingerprint density at radius 2 is 1.68 bits per heavy atom. The lowest BCUT2D eigenvalue weighted by Gasteiger charge is -2.39. The van der Waals surface area contributed by atoms with Gasteiger partial charge in [-0.05, 0) is 36.7 Å². The van der Waals surface area contributed by atoms with E-state index in [0.717, 1.165) is 28.9 Å². The molecule has 1 aromatic rings. The van der Waals surface area contributed by atoms with Crippen molar-refractivity contribution >= 4 is 8.32 Å². The van der Waals surface area contributed by atoms with Crippen LogP contribution >= 0.6 is 0 Å². The van der Waals surface area contributed by atoms with Crippen LogP contribution in [-0.4, -0.2) is 29.3 Å². The molecule has 0 heterocycles. The van der Waals surface area contributed by atoms with E-state index in [1.165, 1.54) is 0 Å². The second kappa shape index (κ2) is 7.37. The van der Waals surface area contributed by atoms with Crippen LogP contribution in [0.1, 0.15) is 33.3 Å². The van der Waals surface area contributed by atoms with Crippen molar-refractivity contribution in [3.05, 3.63) is 17.7 Å². The molecular formula is C17H30O4Si. The fraction of sp³-hybridized carbons (Fsp3) is 0.647. The van der Waals surface area contributed by atoms with Gasteiger partial charge in [0.05, 0.1) is 7.11 Å². The zero-order chi connectivity index (χ0) is 17.0. The average molecular weight is 327 g/mol. The van der Waals surface area contributed by atoms with Crippen LogP contribution in [-0.2, 0) is 4.74 Å². The summed E-state index contributed by atoms with van der Waals surface area (Å²) in [6.45, 7) is 13.4. The zero-order valence-electron chi connectivity index (χ0n) is 15.2. The normalized spacial score (nSPS) is 14.4. The number of ether oxygens (including phenoxy) is 3. The Morgan fingerprint density at radius 1 is 1.09 bits per heavy atom. The summed E-state index contributed by atoms with van der Waals surface area (Å²) in [4.78, 5) is 0. The molecule has 1 unspecified atom stereocenters. The third-order valence-corrected chi connectivity index (χ3v) is 9.65. The standard InChI is InChI=1S/C17H30O4Si/c1-9-22(8,17(3,4)5)21-15-11-10-14(20-12-18-6)13(2)16(15)19-7/h10-11H,9,12H2,1-8H3. The Kier molecular flexibility index (Phi) is 6.32. The maximum Gasteiger partial charge on any atom is 0.253 e. The van der Waals surface area contributed by atoms with Crippen LogP contribution in [0.5, 0.6) is 17.2 Å². The zero-order valence-corrected chi connectivity index (χ0v) is 16.2. The molecule has 4 nitrogen and oxygen atoms in total. The van der Waals surface area contributed by atoms with Crippen molar-refractivity contribution in [1.82, 2.24) is 0 Å². The SMILES string of the molecule is CC[Si](C)(Oc1ccc(OCOC)c(C)c1OC)C(C)(C)C. The first kappa shape index (κ1) is 18.8. The minimum absolute atomic E-state index is 0.145. The van der Waals surface area contributed by atoms with E-state index in [2.05, 4.69) is 34.2 Å². The van der Waals surface area contributed by atoms with Crippen LogP contribution in [0.4, 0.5) is 0 Å². The summed E-state index contributed by atoms with van der Waals surface area (Å²) in [5.74, 6) is 2.29. The van der Waals surface area contributed by atoms with Crippen LogP contribution in [0, 0.1) is 6.92 Å². The largest absolute Gasteiger partial charge is 0.541 e. The van der Waals surface area contributed by atoms with E-state index in [1.54, 1.807) is 14.2 Å². The van der Waals surface area contributed by atoms with Crippen LogP contribution in [0.2, 0.25) is 17.6 Å². The van der Waals surface area contributed by atoms with E-state index >= 15 is 0 Å². The topological polar surface area (TPSA) is 36.9 Å². The Hall–Kier alpha value is -1.20. The molecule has 0 saturated carbocycles. The molecule has 1 aromatic carbocycles. The van der Waals surface area contributed by atoms with Gasteiger partial charge in [-0.3, -0.25) is 0 Å². The van der Waals surface area contributed by atoms with Crippen LogP contribution in [0.15, 0.2) is 12.1 Å².